The topological polar surface area (TPSA) is 50.5 Å². The van der Waals surface area contributed by atoms with Crippen LogP contribution in [0.1, 0.15) is 52.4 Å². The van der Waals surface area contributed by atoms with Crippen LogP contribution in [0.2, 0.25) is 0 Å². The summed E-state index contributed by atoms with van der Waals surface area (Å²) in [6.45, 7) is 1.56. The highest BCUT2D eigenvalue weighted by Gasteiger charge is 2.41. The van der Waals surface area contributed by atoms with Crippen LogP contribution < -0.4 is 0 Å². The highest BCUT2D eigenvalue weighted by Crippen LogP contribution is 2.37. The molecule has 9 heteroatoms. The van der Waals surface area contributed by atoms with E-state index in [0.29, 0.717) is 18.7 Å². The van der Waals surface area contributed by atoms with Gasteiger partial charge in [0.25, 0.3) is 0 Å². The van der Waals surface area contributed by atoms with Gasteiger partial charge in [0.1, 0.15) is 11.6 Å². The maximum atomic E-state index is 14.5. The molecular formula is C32H30F4N4O. The van der Waals surface area contributed by atoms with Gasteiger partial charge < -0.3 is 0 Å². The molecule has 0 bridgehead atoms. The Balaban J connectivity index is 1.22. The van der Waals surface area contributed by atoms with E-state index in [0.717, 1.165) is 52.4 Å². The number of nitrogens with zero attached hydrogens (tertiary/aromatic N) is 4. The molecule has 2 aliphatic heterocycles. The van der Waals surface area contributed by atoms with E-state index in [4.69, 9.17) is 4.99 Å². The zero-order chi connectivity index (χ0) is 28.9. The van der Waals surface area contributed by atoms with E-state index in [1.807, 2.05) is 43.6 Å². The summed E-state index contributed by atoms with van der Waals surface area (Å²) >= 11 is 0. The second-order valence-electron chi connectivity index (χ2n) is 11.4. The molecule has 2 atom stereocenters. The molecule has 1 fully saturated rings. The van der Waals surface area contributed by atoms with E-state index in [2.05, 4.69) is 5.10 Å². The highest BCUT2D eigenvalue weighted by atomic mass is 19.3. The molecule has 0 aliphatic carbocycles. The molecule has 3 heterocycles. The lowest BCUT2D eigenvalue weighted by molar-refractivity contribution is -0.0785. The Morgan fingerprint density at radius 2 is 1.83 bits per heavy atom. The fraction of sp³-hybridized carbons (Fsp3) is 0.344. The highest BCUT2D eigenvalue weighted by molar-refractivity contribution is 6.17. The lowest BCUT2D eigenvalue weighted by Crippen LogP contribution is -2.46. The van der Waals surface area contributed by atoms with Crippen LogP contribution in [0.4, 0.5) is 17.6 Å². The number of likely N-dealkylation sites (tertiary alicyclic amines) is 1. The van der Waals surface area contributed by atoms with Crippen molar-refractivity contribution < 1.29 is 22.4 Å². The Morgan fingerprint density at radius 3 is 2.59 bits per heavy atom. The number of halogens is 4. The normalized spacial score (nSPS) is 19.4. The lowest BCUT2D eigenvalue weighted by Gasteiger charge is -2.40. The first-order chi connectivity index (χ1) is 19.5. The number of fused-ring (bicyclic) bond motifs is 2. The number of carbonyl (C=O) groups excluding carboxylic acids is 1. The number of carbonyl (C=O) groups is 1. The SMILES string of the molecule is Cn1cc2cc(C3=NCc4ccc(C(=O)C[C@@H]5C[C@H](C(C)(F)F)CN(Cc6c(F)cccc6F)C5)cc43)ccc2n1. The van der Waals surface area contributed by atoms with Crippen LogP contribution in [0.3, 0.4) is 0 Å². The number of benzene rings is 3. The summed E-state index contributed by atoms with van der Waals surface area (Å²) in [5.41, 5.74) is 4.88. The van der Waals surface area contributed by atoms with Gasteiger partial charge in [0.05, 0.1) is 17.8 Å². The minimum atomic E-state index is -2.98. The number of piperidine rings is 1. The fourth-order valence-corrected chi connectivity index (χ4v) is 6.13. The summed E-state index contributed by atoms with van der Waals surface area (Å²) in [6, 6.07) is 15.1. The van der Waals surface area contributed by atoms with E-state index in [9.17, 15) is 22.4 Å². The molecule has 1 aromatic heterocycles. The van der Waals surface area contributed by atoms with Gasteiger partial charge >= 0.3 is 0 Å². The molecule has 1 saturated heterocycles. The lowest BCUT2D eigenvalue weighted by atomic mass is 9.82. The zero-order valence-corrected chi connectivity index (χ0v) is 22.9. The fourth-order valence-electron chi connectivity index (χ4n) is 6.13. The number of aromatic nitrogens is 2. The van der Waals surface area contributed by atoms with Crippen molar-refractivity contribution in [2.45, 2.75) is 38.8 Å². The maximum absolute atomic E-state index is 14.5. The molecule has 6 rings (SSSR count). The molecule has 2 aliphatic rings. The van der Waals surface area contributed by atoms with E-state index in [1.54, 1.807) is 15.6 Å². The number of hydrogen-bond donors (Lipinski definition) is 0. The van der Waals surface area contributed by atoms with Crippen molar-refractivity contribution >= 4 is 22.4 Å². The first kappa shape index (κ1) is 27.3. The third kappa shape index (κ3) is 5.55. The summed E-state index contributed by atoms with van der Waals surface area (Å²) in [5, 5.41) is 5.41. The van der Waals surface area contributed by atoms with Gasteiger partial charge in [-0.3, -0.25) is 19.4 Å². The smallest absolute Gasteiger partial charge is 0.249 e. The molecule has 0 amide bonds. The van der Waals surface area contributed by atoms with Crippen molar-refractivity contribution in [1.82, 2.24) is 14.7 Å². The summed E-state index contributed by atoms with van der Waals surface area (Å²) < 4.78 is 59.4. The summed E-state index contributed by atoms with van der Waals surface area (Å²) in [7, 11) is 1.87. The van der Waals surface area contributed by atoms with E-state index >= 15 is 0 Å². The Kier molecular flexibility index (Phi) is 7.01. The average molecular weight is 563 g/mol. The molecule has 0 spiro atoms. The van der Waals surface area contributed by atoms with Crippen molar-refractivity contribution in [2.75, 3.05) is 13.1 Å². The number of Topliss-reactive ketones (excluding diaryl/α,β-unsaturated/α-hetero) is 1. The molecule has 0 unspecified atom stereocenters. The summed E-state index contributed by atoms with van der Waals surface area (Å²) in [5.74, 6) is -5.95. The molecule has 3 aromatic carbocycles. The first-order valence-electron chi connectivity index (χ1n) is 13.7. The van der Waals surface area contributed by atoms with Crippen LogP contribution in [-0.2, 0) is 20.1 Å². The molecule has 0 N–H and O–H groups in total. The van der Waals surface area contributed by atoms with Crippen LogP contribution in [-0.4, -0.2) is 45.2 Å². The van der Waals surface area contributed by atoms with Crippen LogP contribution >= 0.6 is 0 Å². The average Bonchev–Trinajstić information content (AvgIpc) is 3.51. The van der Waals surface area contributed by atoms with Crippen LogP contribution in [0.15, 0.2) is 65.8 Å². The number of hydrogen-bond acceptors (Lipinski definition) is 4. The van der Waals surface area contributed by atoms with Gasteiger partial charge in [-0.15, -0.1) is 0 Å². The van der Waals surface area contributed by atoms with Crippen molar-refractivity contribution in [1.29, 1.82) is 0 Å². The number of rotatable bonds is 7. The number of aryl methyl sites for hydroxylation is 1. The Labute approximate surface area is 235 Å². The van der Waals surface area contributed by atoms with Gasteiger partial charge in [-0.05, 0) is 55.2 Å². The quantitative estimate of drug-likeness (QED) is 0.189. The second-order valence-corrected chi connectivity index (χ2v) is 11.4. The van der Waals surface area contributed by atoms with Crippen LogP contribution in [0.5, 0.6) is 0 Å². The predicted octanol–water partition coefficient (Wildman–Crippen LogP) is 6.57. The molecule has 41 heavy (non-hydrogen) atoms. The third-order valence-electron chi connectivity index (χ3n) is 8.23. The summed E-state index contributed by atoms with van der Waals surface area (Å²) in [4.78, 5) is 19.9. The third-order valence-corrected chi connectivity index (χ3v) is 8.23. The molecule has 4 aromatic rings. The monoisotopic (exact) mass is 562 g/mol. The molecule has 0 radical (unpaired) electrons. The van der Waals surface area contributed by atoms with Crippen molar-refractivity contribution in [3.05, 3.63) is 100 Å². The maximum Gasteiger partial charge on any atom is 0.249 e. The Bertz CT molecular complexity index is 1650. The Morgan fingerprint density at radius 1 is 1.05 bits per heavy atom. The van der Waals surface area contributed by atoms with E-state index < -0.39 is 23.5 Å². The van der Waals surface area contributed by atoms with Gasteiger partial charge in [0.15, 0.2) is 5.78 Å². The molecule has 0 saturated carbocycles. The van der Waals surface area contributed by atoms with E-state index in [-0.39, 0.29) is 43.2 Å². The predicted molar refractivity (Wildman–Crippen MR) is 149 cm³/mol. The second kappa shape index (κ2) is 10.5. The largest absolute Gasteiger partial charge is 0.298 e. The van der Waals surface area contributed by atoms with Crippen LogP contribution in [0, 0.1) is 23.5 Å². The molecular weight excluding hydrogens is 532 g/mol. The molecule has 212 valence electrons. The first-order valence-corrected chi connectivity index (χ1v) is 13.7. The molecule has 5 nitrogen and oxygen atoms in total. The summed E-state index contributed by atoms with van der Waals surface area (Å²) in [6.07, 6.45) is 2.17. The van der Waals surface area contributed by atoms with Crippen molar-refractivity contribution in [2.24, 2.45) is 23.9 Å². The van der Waals surface area contributed by atoms with E-state index in [1.165, 1.54) is 6.07 Å². The Hall–Kier alpha value is -3.85. The van der Waals surface area contributed by atoms with Crippen molar-refractivity contribution in [3.8, 4) is 0 Å². The van der Waals surface area contributed by atoms with Gasteiger partial charge in [-0.1, -0.05) is 24.3 Å². The van der Waals surface area contributed by atoms with Crippen molar-refractivity contribution in [3.63, 3.8) is 0 Å². The van der Waals surface area contributed by atoms with Gasteiger partial charge in [-0.25, -0.2) is 17.6 Å². The minimum absolute atomic E-state index is 0.00190. The van der Waals surface area contributed by atoms with Gasteiger partial charge in [0.2, 0.25) is 5.92 Å². The van der Waals surface area contributed by atoms with Gasteiger partial charge in [0, 0.05) is 72.9 Å². The number of ketones is 1. The standard InChI is InChI=1S/C32H30F4N4O/c1-32(35,36)24-10-19(15-40(17-24)18-26-27(33)4-3-5-28(26)34)11-30(41)20-6-7-22-14-37-31(25(22)13-20)21-8-9-29-23(12-21)16-39(2)38-29/h3-9,12-13,16,19,24H,10-11,14-15,17-18H2,1-2H3/t19-,24-/m0/s1. The minimum Gasteiger partial charge on any atom is -0.298 e. The van der Waals surface area contributed by atoms with Gasteiger partial charge in [-0.2, -0.15) is 5.10 Å². The zero-order valence-electron chi connectivity index (χ0n) is 22.9. The number of alkyl halides is 2. The van der Waals surface area contributed by atoms with Crippen LogP contribution in [0.25, 0.3) is 10.9 Å². The number of aliphatic imine (C=N–C) groups is 1.